The molecule has 0 radical (unpaired) electrons. The van der Waals surface area contributed by atoms with Crippen molar-refractivity contribution in [3.63, 3.8) is 0 Å². The molecule has 0 aliphatic carbocycles. The molecule has 2 atom stereocenters. The number of aromatic nitrogens is 1. The third-order valence-electron chi connectivity index (χ3n) is 5.49. The molecule has 4 heteroatoms. The van der Waals surface area contributed by atoms with Gasteiger partial charge >= 0.3 is 0 Å². The Balaban J connectivity index is 1.62. The number of amides is 1. The lowest BCUT2D eigenvalue weighted by Crippen LogP contribution is -2.46. The van der Waals surface area contributed by atoms with Gasteiger partial charge in [0.2, 0.25) is 0 Å². The summed E-state index contributed by atoms with van der Waals surface area (Å²) in [6.07, 6.45) is 6.54. The fourth-order valence-corrected chi connectivity index (χ4v) is 4.46. The summed E-state index contributed by atoms with van der Waals surface area (Å²) < 4.78 is 2.05. The van der Waals surface area contributed by atoms with Crippen LogP contribution in [0.4, 0.5) is 0 Å². The fraction of sp³-hybridized carbons (Fsp3) is 0.389. The van der Waals surface area contributed by atoms with Crippen LogP contribution in [0, 0.1) is 5.92 Å². The molecule has 2 aromatic rings. The molecular formula is C18H19N3O. The highest BCUT2D eigenvalue weighted by atomic mass is 16.2. The lowest BCUT2D eigenvalue weighted by molar-refractivity contribution is 0.0722. The Labute approximate surface area is 129 Å². The topological polar surface area (TPSA) is 28.5 Å². The summed E-state index contributed by atoms with van der Waals surface area (Å²) in [5.41, 5.74) is 3.21. The van der Waals surface area contributed by atoms with Gasteiger partial charge in [-0.1, -0.05) is 18.2 Å². The van der Waals surface area contributed by atoms with E-state index in [4.69, 9.17) is 0 Å². The molecule has 2 unspecified atom stereocenters. The minimum absolute atomic E-state index is 0.178. The predicted molar refractivity (Wildman–Crippen MR) is 85.3 cm³/mol. The third kappa shape index (κ3) is 1.50. The zero-order valence-corrected chi connectivity index (χ0v) is 12.7. The van der Waals surface area contributed by atoms with Crippen molar-refractivity contribution in [2.45, 2.75) is 18.9 Å². The molecule has 1 aromatic carbocycles. The van der Waals surface area contributed by atoms with Crippen molar-refractivity contribution in [1.82, 2.24) is 14.4 Å². The lowest BCUT2D eigenvalue weighted by Gasteiger charge is -2.38. The van der Waals surface area contributed by atoms with Gasteiger partial charge in [0.15, 0.2) is 0 Å². The van der Waals surface area contributed by atoms with E-state index in [0.717, 1.165) is 36.0 Å². The molecule has 1 aromatic heterocycles. The van der Waals surface area contributed by atoms with E-state index in [0.29, 0.717) is 12.0 Å². The number of allylic oxidation sites excluding steroid dienone is 1. The third-order valence-corrected chi connectivity index (χ3v) is 5.49. The first-order chi connectivity index (χ1) is 10.7. The van der Waals surface area contributed by atoms with E-state index in [9.17, 15) is 4.79 Å². The van der Waals surface area contributed by atoms with Crippen LogP contribution >= 0.6 is 0 Å². The van der Waals surface area contributed by atoms with Gasteiger partial charge in [-0.3, -0.25) is 4.79 Å². The van der Waals surface area contributed by atoms with Crippen LogP contribution in [0.25, 0.3) is 10.9 Å². The highest BCUT2D eigenvalue weighted by Gasteiger charge is 2.46. The maximum absolute atomic E-state index is 13.2. The van der Waals surface area contributed by atoms with Gasteiger partial charge in [0, 0.05) is 55.1 Å². The quantitative estimate of drug-likeness (QED) is 0.808. The fourth-order valence-electron chi connectivity index (χ4n) is 4.46. The number of para-hydroxylation sites is 1. The number of rotatable bonds is 1. The SMILES string of the molecule is Cn1cc(C(=O)N2C3=CN4CCC3CC2C4)c2ccccc21. The average Bonchev–Trinajstić information content (AvgIpc) is 2.90. The molecule has 4 heterocycles. The normalized spacial score (nSPS) is 26.0. The number of carbonyl (C=O) groups is 1. The van der Waals surface area contributed by atoms with Gasteiger partial charge in [-0.15, -0.1) is 0 Å². The number of fused-ring (bicyclic) bond motifs is 3. The Kier molecular flexibility index (Phi) is 2.33. The van der Waals surface area contributed by atoms with Crippen LogP contribution in [0.15, 0.2) is 42.4 Å². The average molecular weight is 293 g/mol. The summed E-state index contributed by atoms with van der Waals surface area (Å²) in [6, 6.07) is 8.52. The van der Waals surface area contributed by atoms with Crippen molar-refractivity contribution in [3.05, 3.63) is 47.9 Å². The Bertz CT molecular complexity index is 817. The second-order valence-corrected chi connectivity index (χ2v) is 6.77. The van der Waals surface area contributed by atoms with Crippen LogP contribution in [-0.2, 0) is 7.05 Å². The van der Waals surface area contributed by atoms with Gasteiger partial charge in [0.25, 0.3) is 5.91 Å². The molecule has 0 N–H and O–H groups in total. The number of hydrogen-bond donors (Lipinski definition) is 0. The van der Waals surface area contributed by atoms with E-state index in [1.165, 1.54) is 12.1 Å². The maximum Gasteiger partial charge on any atom is 0.260 e. The lowest BCUT2D eigenvalue weighted by atomic mass is 9.99. The van der Waals surface area contributed by atoms with E-state index in [1.54, 1.807) is 0 Å². The summed E-state index contributed by atoms with van der Waals surface area (Å²) in [4.78, 5) is 17.7. The molecule has 1 saturated heterocycles. The summed E-state index contributed by atoms with van der Waals surface area (Å²) in [5.74, 6) is 0.764. The first-order valence-electron chi connectivity index (χ1n) is 8.06. The van der Waals surface area contributed by atoms with E-state index in [2.05, 4.69) is 32.7 Å². The van der Waals surface area contributed by atoms with E-state index in [-0.39, 0.29) is 5.91 Å². The molecule has 112 valence electrons. The predicted octanol–water partition coefficient (Wildman–Crippen LogP) is 2.57. The van der Waals surface area contributed by atoms with E-state index >= 15 is 0 Å². The minimum Gasteiger partial charge on any atom is -0.374 e. The summed E-state index contributed by atoms with van der Waals surface area (Å²) in [5, 5.41) is 1.06. The van der Waals surface area contributed by atoms with Crippen LogP contribution in [0.1, 0.15) is 23.2 Å². The van der Waals surface area contributed by atoms with Gasteiger partial charge in [-0.25, -0.2) is 0 Å². The van der Waals surface area contributed by atoms with E-state index < -0.39 is 0 Å². The van der Waals surface area contributed by atoms with Crippen molar-refractivity contribution in [3.8, 4) is 0 Å². The number of hydrogen-bond acceptors (Lipinski definition) is 2. The van der Waals surface area contributed by atoms with Crippen LogP contribution in [-0.4, -0.2) is 39.4 Å². The molecule has 5 rings (SSSR count). The summed E-state index contributed by atoms with van der Waals surface area (Å²) >= 11 is 0. The molecule has 0 spiro atoms. The summed E-state index contributed by atoms with van der Waals surface area (Å²) in [7, 11) is 2.01. The molecule has 3 aliphatic heterocycles. The first kappa shape index (κ1) is 12.3. The largest absolute Gasteiger partial charge is 0.374 e. The highest BCUT2D eigenvalue weighted by Crippen LogP contribution is 2.43. The molecule has 22 heavy (non-hydrogen) atoms. The van der Waals surface area contributed by atoms with Crippen molar-refractivity contribution in [2.75, 3.05) is 13.1 Å². The van der Waals surface area contributed by atoms with Crippen molar-refractivity contribution in [2.24, 2.45) is 13.0 Å². The van der Waals surface area contributed by atoms with Crippen LogP contribution in [0.5, 0.6) is 0 Å². The molecule has 4 nitrogen and oxygen atoms in total. The van der Waals surface area contributed by atoms with Crippen LogP contribution in [0.2, 0.25) is 0 Å². The van der Waals surface area contributed by atoms with Gasteiger partial charge in [0.05, 0.1) is 11.6 Å². The highest BCUT2D eigenvalue weighted by molar-refractivity contribution is 6.07. The minimum atomic E-state index is 0.178. The Hall–Kier alpha value is -2.23. The number of benzene rings is 1. The molecular weight excluding hydrogens is 274 g/mol. The number of aryl methyl sites for hydroxylation is 1. The Morgan fingerprint density at radius 2 is 2.14 bits per heavy atom. The smallest absolute Gasteiger partial charge is 0.260 e. The molecule has 0 saturated carbocycles. The standard InChI is InChI=1S/C18H19N3O/c1-19-10-15(14-4-2-3-5-16(14)19)18(22)21-13-8-12-6-7-20(9-13)11-17(12)21/h2-5,10-13H,6-9H2,1H3. The van der Waals surface area contributed by atoms with Gasteiger partial charge < -0.3 is 14.4 Å². The molecule has 3 bridgehead atoms. The maximum atomic E-state index is 13.2. The Morgan fingerprint density at radius 3 is 3.05 bits per heavy atom. The van der Waals surface area contributed by atoms with Gasteiger partial charge in [-0.2, -0.15) is 0 Å². The zero-order valence-electron chi connectivity index (χ0n) is 12.7. The van der Waals surface area contributed by atoms with Gasteiger partial charge in [0.1, 0.15) is 0 Å². The first-order valence-corrected chi connectivity index (χ1v) is 8.06. The van der Waals surface area contributed by atoms with Crippen molar-refractivity contribution >= 4 is 16.8 Å². The number of nitrogens with zero attached hydrogens (tertiary/aromatic N) is 3. The molecule has 1 amide bonds. The summed E-state index contributed by atoms with van der Waals surface area (Å²) in [6.45, 7) is 2.15. The monoisotopic (exact) mass is 293 g/mol. The van der Waals surface area contributed by atoms with Crippen LogP contribution < -0.4 is 0 Å². The van der Waals surface area contributed by atoms with Crippen molar-refractivity contribution in [1.29, 1.82) is 0 Å². The van der Waals surface area contributed by atoms with Crippen LogP contribution in [0.3, 0.4) is 0 Å². The number of carbonyl (C=O) groups excluding carboxylic acids is 1. The van der Waals surface area contributed by atoms with E-state index in [1.807, 2.05) is 25.4 Å². The molecule has 1 fully saturated rings. The van der Waals surface area contributed by atoms with Gasteiger partial charge in [-0.05, 0) is 18.9 Å². The molecule has 3 aliphatic rings. The van der Waals surface area contributed by atoms with Crippen molar-refractivity contribution < 1.29 is 4.79 Å². The second kappa shape index (κ2) is 4.15. The zero-order chi connectivity index (χ0) is 14.8. The Morgan fingerprint density at radius 1 is 1.27 bits per heavy atom. The second-order valence-electron chi connectivity index (χ2n) is 6.77.